The summed E-state index contributed by atoms with van der Waals surface area (Å²) in [5, 5.41) is 0. The smallest absolute Gasteiger partial charge is 0.354 e. The zero-order valence-electron chi connectivity index (χ0n) is 13.1. The van der Waals surface area contributed by atoms with E-state index in [0.717, 1.165) is 44.1 Å². The molecule has 0 unspecified atom stereocenters. The first-order chi connectivity index (χ1) is 11.5. The minimum absolute atomic E-state index is 0.335. The lowest BCUT2D eigenvalue weighted by Crippen LogP contribution is -2.47. The lowest BCUT2D eigenvalue weighted by atomic mass is 10.2. The number of pyridine rings is 1. The van der Waals surface area contributed by atoms with Crippen LogP contribution in [0.1, 0.15) is 11.4 Å². The van der Waals surface area contributed by atoms with Gasteiger partial charge >= 0.3 is 6.18 Å². The lowest BCUT2D eigenvalue weighted by Gasteiger charge is -2.35. The number of nitrogens with zero attached hydrogens (tertiary/aromatic N) is 5. The Kier molecular flexibility index (Phi) is 4.94. The standard InChI is InChI=1S/C16H18F3N5/c17-16(18,19)14-11-15(22-12-21-14)24-9-7-23(8-10-24)6-4-13-3-1-2-5-20-13/h1-3,5,11-12H,4,6-10H2. The molecule has 1 aliphatic rings. The number of aromatic nitrogens is 3. The van der Waals surface area contributed by atoms with Crippen LogP contribution in [0.15, 0.2) is 36.8 Å². The van der Waals surface area contributed by atoms with E-state index in [0.29, 0.717) is 18.9 Å². The summed E-state index contributed by atoms with van der Waals surface area (Å²) in [7, 11) is 0. The Bertz CT molecular complexity index is 654. The number of piperazine rings is 1. The van der Waals surface area contributed by atoms with Crippen molar-refractivity contribution in [1.82, 2.24) is 19.9 Å². The highest BCUT2D eigenvalue weighted by Crippen LogP contribution is 2.29. The van der Waals surface area contributed by atoms with Gasteiger partial charge in [0.15, 0.2) is 0 Å². The highest BCUT2D eigenvalue weighted by molar-refractivity contribution is 5.40. The van der Waals surface area contributed by atoms with Crippen LogP contribution in [0.4, 0.5) is 19.0 Å². The van der Waals surface area contributed by atoms with E-state index in [2.05, 4.69) is 19.9 Å². The van der Waals surface area contributed by atoms with Crippen molar-refractivity contribution >= 4 is 5.82 Å². The van der Waals surface area contributed by atoms with Crippen LogP contribution in [-0.2, 0) is 12.6 Å². The minimum atomic E-state index is -4.44. The van der Waals surface area contributed by atoms with Crippen molar-refractivity contribution in [2.24, 2.45) is 0 Å². The van der Waals surface area contributed by atoms with Crippen LogP contribution in [0, 0.1) is 0 Å². The first-order valence-electron chi connectivity index (χ1n) is 7.79. The Hall–Kier alpha value is -2.22. The second-order valence-electron chi connectivity index (χ2n) is 5.66. The van der Waals surface area contributed by atoms with E-state index in [-0.39, 0.29) is 0 Å². The Morgan fingerprint density at radius 1 is 1.00 bits per heavy atom. The van der Waals surface area contributed by atoms with Crippen LogP contribution in [0.25, 0.3) is 0 Å². The molecule has 0 saturated carbocycles. The van der Waals surface area contributed by atoms with E-state index in [1.807, 2.05) is 23.1 Å². The van der Waals surface area contributed by atoms with Crippen molar-refractivity contribution in [3.05, 3.63) is 48.2 Å². The number of hydrogen-bond acceptors (Lipinski definition) is 5. The van der Waals surface area contributed by atoms with Crippen LogP contribution in [0.2, 0.25) is 0 Å². The number of hydrogen-bond donors (Lipinski definition) is 0. The third-order valence-electron chi connectivity index (χ3n) is 4.05. The van der Waals surface area contributed by atoms with E-state index >= 15 is 0 Å². The second-order valence-corrected chi connectivity index (χ2v) is 5.66. The summed E-state index contributed by atoms with van der Waals surface area (Å²) in [6.45, 7) is 3.77. The van der Waals surface area contributed by atoms with E-state index in [4.69, 9.17) is 0 Å². The summed E-state index contributed by atoms with van der Waals surface area (Å²) in [6, 6.07) is 6.87. The Morgan fingerprint density at radius 2 is 1.79 bits per heavy atom. The molecule has 0 N–H and O–H groups in total. The monoisotopic (exact) mass is 337 g/mol. The summed E-state index contributed by atoms with van der Waals surface area (Å²) in [6.07, 6.45) is -0.818. The summed E-state index contributed by atoms with van der Waals surface area (Å²) in [5.41, 5.74) is 0.149. The van der Waals surface area contributed by atoms with Gasteiger partial charge in [0.2, 0.25) is 0 Å². The topological polar surface area (TPSA) is 45.2 Å². The van der Waals surface area contributed by atoms with Crippen molar-refractivity contribution in [2.75, 3.05) is 37.6 Å². The summed E-state index contributed by atoms with van der Waals surface area (Å²) in [5.74, 6) is 0.335. The minimum Gasteiger partial charge on any atom is -0.354 e. The Morgan fingerprint density at radius 3 is 2.46 bits per heavy atom. The van der Waals surface area contributed by atoms with E-state index in [9.17, 15) is 13.2 Å². The van der Waals surface area contributed by atoms with Gasteiger partial charge in [-0.1, -0.05) is 6.07 Å². The highest BCUT2D eigenvalue weighted by atomic mass is 19.4. The molecule has 24 heavy (non-hydrogen) atoms. The first kappa shape index (κ1) is 16.6. The fourth-order valence-electron chi connectivity index (χ4n) is 2.69. The molecule has 3 rings (SSSR count). The van der Waals surface area contributed by atoms with Crippen molar-refractivity contribution in [2.45, 2.75) is 12.6 Å². The fraction of sp³-hybridized carbons (Fsp3) is 0.438. The molecule has 0 amide bonds. The highest BCUT2D eigenvalue weighted by Gasteiger charge is 2.33. The molecule has 2 aromatic heterocycles. The van der Waals surface area contributed by atoms with Gasteiger partial charge in [-0.2, -0.15) is 13.2 Å². The molecule has 0 aromatic carbocycles. The molecule has 8 heteroatoms. The fourth-order valence-corrected chi connectivity index (χ4v) is 2.69. The van der Waals surface area contributed by atoms with Gasteiger partial charge in [-0.25, -0.2) is 9.97 Å². The number of rotatable bonds is 4. The number of alkyl halides is 3. The largest absolute Gasteiger partial charge is 0.433 e. The SMILES string of the molecule is FC(F)(F)c1cc(N2CCN(CCc3ccccn3)CC2)ncn1. The van der Waals surface area contributed by atoms with Crippen LogP contribution >= 0.6 is 0 Å². The van der Waals surface area contributed by atoms with Gasteiger partial charge in [-0.3, -0.25) is 9.88 Å². The van der Waals surface area contributed by atoms with Crippen molar-refractivity contribution in [1.29, 1.82) is 0 Å². The van der Waals surface area contributed by atoms with Gasteiger partial charge < -0.3 is 4.90 Å². The van der Waals surface area contributed by atoms with Crippen LogP contribution in [0.5, 0.6) is 0 Å². The molecule has 128 valence electrons. The zero-order chi connectivity index (χ0) is 17.0. The molecule has 5 nitrogen and oxygen atoms in total. The molecular formula is C16H18F3N5. The maximum Gasteiger partial charge on any atom is 0.433 e. The van der Waals surface area contributed by atoms with Gasteiger partial charge in [-0.05, 0) is 12.1 Å². The van der Waals surface area contributed by atoms with Crippen LogP contribution in [0.3, 0.4) is 0 Å². The average molecular weight is 337 g/mol. The zero-order valence-corrected chi connectivity index (χ0v) is 13.1. The summed E-state index contributed by atoms with van der Waals surface area (Å²) < 4.78 is 38.2. The first-order valence-corrected chi connectivity index (χ1v) is 7.79. The normalized spacial score (nSPS) is 16.4. The second kappa shape index (κ2) is 7.12. The predicted molar refractivity (Wildman–Crippen MR) is 83.6 cm³/mol. The molecule has 0 aliphatic carbocycles. The van der Waals surface area contributed by atoms with Crippen molar-refractivity contribution in [3.8, 4) is 0 Å². The predicted octanol–water partition coefficient (Wildman–Crippen LogP) is 2.26. The van der Waals surface area contributed by atoms with Gasteiger partial charge in [0.25, 0.3) is 0 Å². The lowest BCUT2D eigenvalue weighted by molar-refractivity contribution is -0.141. The quantitative estimate of drug-likeness (QED) is 0.856. The molecule has 0 bridgehead atoms. The van der Waals surface area contributed by atoms with Gasteiger partial charge in [0.05, 0.1) is 0 Å². The number of anilines is 1. The van der Waals surface area contributed by atoms with Crippen LogP contribution < -0.4 is 4.90 Å². The van der Waals surface area contributed by atoms with Gasteiger partial charge in [0, 0.05) is 57.1 Å². The average Bonchev–Trinajstić information content (AvgIpc) is 2.61. The molecular weight excluding hydrogens is 319 g/mol. The Labute approximate surface area is 138 Å². The van der Waals surface area contributed by atoms with Crippen LogP contribution in [-0.4, -0.2) is 52.6 Å². The van der Waals surface area contributed by atoms with E-state index in [1.54, 1.807) is 6.20 Å². The van der Waals surface area contributed by atoms with E-state index in [1.165, 1.54) is 0 Å². The van der Waals surface area contributed by atoms with E-state index < -0.39 is 11.9 Å². The third kappa shape index (κ3) is 4.19. The molecule has 0 spiro atoms. The molecule has 0 radical (unpaired) electrons. The number of halogens is 3. The van der Waals surface area contributed by atoms with Crippen molar-refractivity contribution < 1.29 is 13.2 Å². The molecule has 1 saturated heterocycles. The molecule has 1 aliphatic heterocycles. The maximum absolute atomic E-state index is 12.7. The summed E-state index contributed by atoms with van der Waals surface area (Å²) >= 11 is 0. The summed E-state index contributed by atoms with van der Waals surface area (Å²) in [4.78, 5) is 15.7. The Balaban J connectivity index is 1.53. The third-order valence-corrected chi connectivity index (χ3v) is 4.05. The van der Waals surface area contributed by atoms with Gasteiger partial charge in [0.1, 0.15) is 17.8 Å². The van der Waals surface area contributed by atoms with Crippen molar-refractivity contribution in [3.63, 3.8) is 0 Å². The molecule has 1 fully saturated rings. The maximum atomic E-state index is 12.7. The molecule has 0 atom stereocenters. The molecule has 2 aromatic rings. The van der Waals surface area contributed by atoms with Gasteiger partial charge in [-0.15, -0.1) is 0 Å². The molecule has 3 heterocycles.